The van der Waals surface area contributed by atoms with Gasteiger partial charge in [-0.15, -0.1) is 0 Å². The number of aromatic nitrogens is 1. The van der Waals surface area contributed by atoms with E-state index >= 15 is 0 Å². The molecule has 2 spiro atoms. The molecule has 1 aromatic heterocycles. The second-order valence-corrected chi connectivity index (χ2v) is 12.2. The highest BCUT2D eigenvalue weighted by atomic mass is 19.4. The molecule has 3 nitrogen and oxygen atoms in total. The highest BCUT2D eigenvalue weighted by Crippen LogP contribution is 2.68. The summed E-state index contributed by atoms with van der Waals surface area (Å²) < 4.78 is 46.7. The summed E-state index contributed by atoms with van der Waals surface area (Å²) in [5.41, 5.74) is 4.63. The van der Waals surface area contributed by atoms with Crippen LogP contribution < -0.4 is 0 Å². The minimum Gasteiger partial charge on any atom is -0.388 e. The Labute approximate surface area is 205 Å². The first kappa shape index (κ1) is 23.5. The molecule has 0 bridgehead atoms. The summed E-state index contributed by atoms with van der Waals surface area (Å²) in [4.78, 5) is 5.31. The molecule has 1 N–H and O–H groups in total. The van der Waals surface area contributed by atoms with Gasteiger partial charge in [0.2, 0.25) is 0 Å². The number of ether oxygens (including phenoxy) is 1. The maximum absolute atomic E-state index is 13.3. The van der Waals surface area contributed by atoms with Gasteiger partial charge < -0.3 is 9.84 Å². The van der Waals surface area contributed by atoms with Gasteiger partial charge in [0.1, 0.15) is 6.10 Å². The lowest BCUT2D eigenvalue weighted by Crippen LogP contribution is -2.40. The minimum atomic E-state index is -4.38. The third-order valence-corrected chi connectivity index (χ3v) is 9.40. The standard InChI is InChI=1S/C29H34F3NO2/c1-16(2)23-21-22(20-19(34)15-26(3,4)27(13-14-27)25(20)33-23)28(11-5-6-12-28)35-24(21)17-7-9-18(10-8-17)29(30,31)32/h7-10,16,19,24,34H,5-6,11-15H2,1-4H3/t19-,24+/m0/s1. The fourth-order valence-corrected chi connectivity index (χ4v) is 7.40. The molecule has 188 valence electrons. The molecular weight excluding hydrogens is 451 g/mol. The van der Waals surface area contributed by atoms with E-state index in [1.165, 1.54) is 0 Å². The summed E-state index contributed by atoms with van der Waals surface area (Å²) in [7, 11) is 0. The SMILES string of the molecule is CC(C)c1nc2c(c3c1[C@@H](c1ccc(C(F)(F)F)cc1)OC31CCCC1)[C@@H](O)CC(C)(C)C21CC1. The van der Waals surface area contributed by atoms with Gasteiger partial charge in [-0.2, -0.15) is 13.2 Å². The molecule has 3 aliphatic carbocycles. The van der Waals surface area contributed by atoms with Gasteiger partial charge in [-0.25, -0.2) is 0 Å². The van der Waals surface area contributed by atoms with Crippen molar-refractivity contribution in [2.75, 3.05) is 0 Å². The number of hydrogen-bond acceptors (Lipinski definition) is 3. The molecule has 2 heterocycles. The molecule has 0 saturated heterocycles. The first-order chi connectivity index (χ1) is 16.4. The second-order valence-electron chi connectivity index (χ2n) is 12.2. The Balaban J connectivity index is 1.60. The Morgan fingerprint density at radius 1 is 1.00 bits per heavy atom. The lowest BCUT2D eigenvalue weighted by atomic mass is 9.62. The third-order valence-electron chi connectivity index (χ3n) is 9.40. The first-order valence-electron chi connectivity index (χ1n) is 13.0. The van der Waals surface area contributed by atoms with E-state index in [-0.39, 0.29) is 16.7 Å². The zero-order valence-electron chi connectivity index (χ0n) is 20.9. The topological polar surface area (TPSA) is 42.4 Å². The van der Waals surface area contributed by atoms with Crippen molar-refractivity contribution in [2.24, 2.45) is 5.41 Å². The zero-order chi connectivity index (χ0) is 25.0. The average molecular weight is 486 g/mol. The summed E-state index contributed by atoms with van der Waals surface area (Å²) in [6.45, 7) is 8.76. The van der Waals surface area contributed by atoms with Gasteiger partial charge in [-0.3, -0.25) is 4.98 Å². The van der Waals surface area contributed by atoms with Gasteiger partial charge in [0.25, 0.3) is 0 Å². The number of hydrogen-bond donors (Lipinski definition) is 1. The maximum atomic E-state index is 13.3. The van der Waals surface area contributed by atoms with Crippen molar-refractivity contribution >= 4 is 0 Å². The van der Waals surface area contributed by atoms with Gasteiger partial charge in [0.15, 0.2) is 0 Å². The summed E-state index contributed by atoms with van der Waals surface area (Å²) in [6, 6.07) is 5.40. The molecule has 2 atom stereocenters. The van der Waals surface area contributed by atoms with Gasteiger partial charge in [0, 0.05) is 22.2 Å². The molecule has 6 rings (SSSR count). The molecule has 35 heavy (non-hydrogen) atoms. The fourth-order valence-electron chi connectivity index (χ4n) is 7.40. The molecule has 0 amide bonds. The molecule has 0 radical (unpaired) electrons. The van der Waals surface area contributed by atoms with Crippen LogP contribution in [0.5, 0.6) is 0 Å². The second kappa shape index (κ2) is 7.32. The van der Waals surface area contributed by atoms with Crippen molar-refractivity contribution in [1.29, 1.82) is 0 Å². The van der Waals surface area contributed by atoms with Crippen LogP contribution in [-0.4, -0.2) is 10.1 Å². The van der Waals surface area contributed by atoms with Crippen LogP contribution in [0.15, 0.2) is 24.3 Å². The molecule has 2 aromatic rings. The molecule has 2 fully saturated rings. The van der Waals surface area contributed by atoms with Crippen LogP contribution in [0.3, 0.4) is 0 Å². The fraction of sp³-hybridized carbons (Fsp3) is 0.621. The minimum absolute atomic E-state index is 0.00747. The summed E-state index contributed by atoms with van der Waals surface area (Å²) in [6.07, 6.45) is 1.22. The number of halogens is 3. The smallest absolute Gasteiger partial charge is 0.388 e. The van der Waals surface area contributed by atoms with E-state index in [4.69, 9.17) is 9.72 Å². The number of alkyl halides is 3. The van der Waals surface area contributed by atoms with Gasteiger partial charge in [-0.05, 0) is 66.7 Å². The van der Waals surface area contributed by atoms with E-state index in [0.717, 1.165) is 84.3 Å². The number of pyridine rings is 1. The van der Waals surface area contributed by atoms with Crippen LogP contribution in [-0.2, 0) is 21.9 Å². The van der Waals surface area contributed by atoms with E-state index in [9.17, 15) is 18.3 Å². The molecular formula is C29H34F3NO2. The van der Waals surface area contributed by atoms with Crippen molar-refractivity contribution in [3.8, 4) is 0 Å². The summed E-state index contributed by atoms with van der Waals surface area (Å²) >= 11 is 0. The third kappa shape index (κ3) is 3.21. The van der Waals surface area contributed by atoms with Crippen molar-refractivity contribution in [1.82, 2.24) is 4.98 Å². The van der Waals surface area contributed by atoms with Crippen LogP contribution >= 0.6 is 0 Å². The Morgan fingerprint density at radius 2 is 1.63 bits per heavy atom. The lowest BCUT2D eigenvalue weighted by molar-refractivity contribution is -0.137. The van der Waals surface area contributed by atoms with Crippen LogP contribution in [0.2, 0.25) is 0 Å². The molecule has 0 unspecified atom stereocenters. The van der Waals surface area contributed by atoms with Crippen molar-refractivity contribution in [3.63, 3.8) is 0 Å². The van der Waals surface area contributed by atoms with Crippen molar-refractivity contribution < 1.29 is 23.0 Å². The monoisotopic (exact) mass is 485 g/mol. The number of aliphatic hydroxyl groups excluding tert-OH is 1. The molecule has 4 aliphatic rings. The summed E-state index contributed by atoms with van der Waals surface area (Å²) in [5.74, 6) is 0.129. The van der Waals surface area contributed by atoms with E-state index < -0.39 is 29.5 Å². The lowest BCUT2D eigenvalue weighted by Gasteiger charge is -2.44. The predicted octanol–water partition coefficient (Wildman–Crippen LogP) is 7.61. The normalized spacial score (nSPS) is 27.5. The quantitative estimate of drug-likeness (QED) is 0.476. The number of benzene rings is 1. The van der Waals surface area contributed by atoms with E-state index in [1.54, 1.807) is 12.1 Å². The Morgan fingerprint density at radius 3 is 2.17 bits per heavy atom. The van der Waals surface area contributed by atoms with Crippen LogP contribution in [0.25, 0.3) is 0 Å². The molecule has 6 heteroatoms. The van der Waals surface area contributed by atoms with E-state index in [2.05, 4.69) is 27.7 Å². The predicted molar refractivity (Wildman–Crippen MR) is 127 cm³/mol. The number of aliphatic hydroxyl groups is 1. The van der Waals surface area contributed by atoms with Crippen LogP contribution in [0, 0.1) is 5.41 Å². The number of rotatable bonds is 2. The Kier molecular flexibility index (Phi) is 4.91. The number of fused-ring (bicyclic) bond motifs is 5. The van der Waals surface area contributed by atoms with Gasteiger partial charge >= 0.3 is 6.18 Å². The first-order valence-corrected chi connectivity index (χ1v) is 13.0. The highest BCUT2D eigenvalue weighted by Gasteiger charge is 2.63. The van der Waals surface area contributed by atoms with E-state index in [1.807, 2.05) is 0 Å². The zero-order valence-corrected chi connectivity index (χ0v) is 20.9. The Hall–Kier alpha value is -1.92. The van der Waals surface area contributed by atoms with Crippen molar-refractivity contribution in [3.05, 3.63) is 63.5 Å². The maximum Gasteiger partial charge on any atom is 0.416 e. The van der Waals surface area contributed by atoms with Gasteiger partial charge in [-0.1, -0.05) is 52.7 Å². The molecule has 1 aromatic carbocycles. The van der Waals surface area contributed by atoms with Crippen LogP contribution in [0.1, 0.15) is 130 Å². The Bertz CT molecular complexity index is 1170. The average Bonchev–Trinajstić information content (AvgIpc) is 3.36. The highest BCUT2D eigenvalue weighted by molar-refractivity contribution is 5.57. The van der Waals surface area contributed by atoms with Crippen molar-refractivity contribution in [2.45, 2.75) is 108 Å². The van der Waals surface area contributed by atoms with Gasteiger partial charge in [0.05, 0.1) is 23.0 Å². The number of nitrogens with zero attached hydrogens (tertiary/aromatic N) is 1. The largest absolute Gasteiger partial charge is 0.416 e. The summed E-state index contributed by atoms with van der Waals surface area (Å²) in [5, 5.41) is 11.6. The van der Waals surface area contributed by atoms with Crippen LogP contribution in [0.4, 0.5) is 13.2 Å². The van der Waals surface area contributed by atoms with E-state index in [0.29, 0.717) is 6.42 Å². The molecule has 2 saturated carbocycles. The molecule has 1 aliphatic heterocycles.